The second kappa shape index (κ2) is 10.9. The molecule has 1 N–H and O–H groups in total. The summed E-state index contributed by atoms with van der Waals surface area (Å²) in [5, 5.41) is 2.41. The highest BCUT2D eigenvalue weighted by molar-refractivity contribution is 7.92. The Bertz CT molecular complexity index is 851. The maximum atomic E-state index is 12.5. The van der Waals surface area contributed by atoms with Crippen LogP contribution in [0.3, 0.4) is 0 Å². The molecule has 0 unspecified atom stereocenters. The number of carbonyl (C=O) groups excluding carboxylic acids is 1. The van der Waals surface area contributed by atoms with E-state index >= 15 is 0 Å². The van der Waals surface area contributed by atoms with Crippen LogP contribution in [-0.4, -0.2) is 82.0 Å². The number of aromatic nitrogens is 1. The molecule has 1 fully saturated rings. The number of unbranched alkanes of at least 4 members (excludes halogenated alkanes) is 2. The molecule has 29 heavy (non-hydrogen) atoms. The van der Waals surface area contributed by atoms with Gasteiger partial charge in [0.25, 0.3) is 0 Å². The fourth-order valence-electron chi connectivity index (χ4n) is 3.08. The monoisotopic (exact) mass is 446 g/mol. The fraction of sp³-hybridized carbons (Fsp3) is 0.667. The molecular weight excluding hydrogens is 416 g/mol. The van der Waals surface area contributed by atoms with Crippen LogP contribution in [0.25, 0.3) is 0 Å². The zero-order chi connectivity index (χ0) is 21.3. The molecule has 1 aromatic rings. The van der Waals surface area contributed by atoms with E-state index in [9.17, 15) is 21.6 Å². The summed E-state index contributed by atoms with van der Waals surface area (Å²) in [5.74, 6) is -0.709. The molecule has 2 heterocycles. The van der Waals surface area contributed by atoms with E-state index in [0.29, 0.717) is 32.6 Å². The number of amides is 1. The first-order valence-electron chi connectivity index (χ1n) is 9.84. The standard InChI is InChI=1S/C18H30N4O5S2/c1-2-3-6-14-28(24,25)16-18(23)20-9-15-29(26,27)22-12-10-21(11-13-22)17-7-4-5-8-19-17/h4-5,7-8H,2-3,6,9-16H2,1H3,(H,20,23). The van der Waals surface area contributed by atoms with Gasteiger partial charge in [0.05, 0.1) is 11.5 Å². The smallest absolute Gasteiger partial charge is 0.235 e. The molecule has 1 aliphatic heterocycles. The van der Waals surface area contributed by atoms with E-state index in [1.54, 1.807) is 6.20 Å². The Kier molecular flexibility index (Phi) is 8.84. The summed E-state index contributed by atoms with van der Waals surface area (Å²) in [7, 11) is -6.98. The molecule has 1 aliphatic rings. The van der Waals surface area contributed by atoms with Gasteiger partial charge in [-0.15, -0.1) is 0 Å². The summed E-state index contributed by atoms with van der Waals surface area (Å²) < 4.78 is 50.1. The van der Waals surface area contributed by atoms with Crippen LogP contribution in [0.4, 0.5) is 5.82 Å². The zero-order valence-corrected chi connectivity index (χ0v) is 18.4. The number of piperazine rings is 1. The lowest BCUT2D eigenvalue weighted by molar-refractivity contribution is -0.118. The first kappa shape index (κ1) is 23.6. The van der Waals surface area contributed by atoms with Crippen LogP contribution in [0.1, 0.15) is 26.2 Å². The molecule has 1 aromatic heterocycles. The molecule has 164 valence electrons. The van der Waals surface area contributed by atoms with Crippen molar-refractivity contribution in [2.75, 3.05) is 54.9 Å². The Labute approximate surface area is 173 Å². The summed E-state index contributed by atoms with van der Waals surface area (Å²) in [5.41, 5.74) is 0. The topological polar surface area (TPSA) is 117 Å². The number of nitrogens with zero attached hydrogens (tertiary/aromatic N) is 3. The number of sulfone groups is 1. The number of anilines is 1. The SMILES string of the molecule is CCCCCS(=O)(=O)CC(=O)NCCS(=O)(=O)N1CCN(c2ccccn2)CC1. The highest BCUT2D eigenvalue weighted by atomic mass is 32.2. The minimum absolute atomic E-state index is 0.0207. The van der Waals surface area contributed by atoms with Crippen LogP contribution in [0, 0.1) is 0 Å². The first-order chi connectivity index (χ1) is 13.7. The van der Waals surface area contributed by atoms with E-state index in [0.717, 1.165) is 18.7 Å². The summed E-state index contributed by atoms with van der Waals surface area (Å²) >= 11 is 0. The van der Waals surface area contributed by atoms with Crippen LogP contribution >= 0.6 is 0 Å². The van der Waals surface area contributed by atoms with Gasteiger partial charge in [-0.05, 0) is 18.6 Å². The van der Waals surface area contributed by atoms with Gasteiger partial charge in [-0.25, -0.2) is 21.8 Å². The maximum absolute atomic E-state index is 12.5. The summed E-state index contributed by atoms with van der Waals surface area (Å²) in [6, 6.07) is 5.60. The number of sulfonamides is 1. The molecule has 0 atom stereocenters. The average Bonchev–Trinajstić information content (AvgIpc) is 2.68. The van der Waals surface area contributed by atoms with Crippen molar-refractivity contribution in [2.45, 2.75) is 26.2 Å². The second-order valence-electron chi connectivity index (χ2n) is 7.04. The summed E-state index contributed by atoms with van der Waals surface area (Å²) in [6.07, 6.45) is 3.93. The van der Waals surface area contributed by atoms with E-state index in [1.807, 2.05) is 30.0 Å². The first-order valence-corrected chi connectivity index (χ1v) is 13.3. The normalized spacial score (nSPS) is 16.0. The van der Waals surface area contributed by atoms with Crippen LogP contribution in [0.5, 0.6) is 0 Å². The van der Waals surface area contributed by atoms with E-state index < -0.39 is 31.5 Å². The quantitative estimate of drug-likeness (QED) is 0.484. The van der Waals surface area contributed by atoms with Gasteiger partial charge in [0.1, 0.15) is 11.6 Å². The minimum Gasteiger partial charge on any atom is -0.354 e. The average molecular weight is 447 g/mol. The second-order valence-corrected chi connectivity index (χ2v) is 11.3. The molecule has 11 heteroatoms. The Balaban J connectivity index is 1.74. The molecule has 0 radical (unpaired) electrons. The van der Waals surface area contributed by atoms with Crippen molar-refractivity contribution in [3.05, 3.63) is 24.4 Å². The lowest BCUT2D eigenvalue weighted by atomic mass is 10.3. The molecule has 9 nitrogen and oxygen atoms in total. The van der Waals surface area contributed by atoms with Crippen LogP contribution in [-0.2, 0) is 24.7 Å². The lowest BCUT2D eigenvalue weighted by Gasteiger charge is -2.34. The zero-order valence-electron chi connectivity index (χ0n) is 16.8. The molecule has 2 rings (SSSR count). The van der Waals surface area contributed by atoms with E-state index in [2.05, 4.69) is 10.3 Å². The van der Waals surface area contributed by atoms with Crippen molar-refractivity contribution >= 4 is 31.6 Å². The number of hydrogen-bond acceptors (Lipinski definition) is 7. The lowest BCUT2D eigenvalue weighted by Crippen LogP contribution is -2.50. The van der Waals surface area contributed by atoms with Crippen molar-refractivity contribution in [1.29, 1.82) is 0 Å². The van der Waals surface area contributed by atoms with Crippen molar-refractivity contribution in [2.24, 2.45) is 0 Å². The van der Waals surface area contributed by atoms with Gasteiger partial charge in [0.2, 0.25) is 15.9 Å². The Morgan fingerprint density at radius 3 is 2.41 bits per heavy atom. The van der Waals surface area contributed by atoms with E-state index in [-0.39, 0.29) is 18.1 Å². The van der Waals surface area contributed by atoms with Crippen LogP contribution < -0.4 is 10.2 Å². The summed E-state index contributed by atoms with van der Waals surface area (Å²) in [6.45, 7) is 3.64. The predicted molar refractivity (Wildman–Crippen MR) is 113 cm³/mol. The van der Waals surface area contributed by atoms with Crippen molar-refractivity contribution < 1.29 is 21.6 Å². The van der Waals surface area contributed by atoms with E-state index in [4.69, 9.17) is 0 Å². The molecule has 0 saturated carbocycles. The minimum atomic E-state index is -3.52. The third-order valence-electron chi connectivity index (χ3n) is 4.70. The molecule has 1 amide bonds. The number of nitrogens with one attached hydrogen (secondary N) is 1. The largest absolute Gasteiger partial charge is 0.354 e. The molecular formula is C18H30N4O5S2. The number of hydrogen-bond donors (Lipinski definition) is 1. The third kappa shape index (κ3) is 7.90. The fourth-order valence-corrected chi connectivity index (χ4v) is 5.71. The highest BCUT2D eigenvalue weighted by Gasteiger charge is 2.27. The van der Waals surface area contributed by atoms with Gasteiger partial charge < -0.3 is 10.2 Å². The van der Waals surface area contributed by atoms with E-state index in [1.165, 1.54) is 4.31 Å². The Morgan fingerprint density at radius 2 is 1.79 bits per heavy atom. The molecule has 0 aromatic carbocycles. The predicted octanol–water partition coefficient (Wildman–Crippen LogP) is 0.255. The third-order valence-corrected chi connectivity index (χ3v) is 8.18. The summed E-state index contributed by atoms with van der Waals surface area (Å²) in [4.78, 5) is 18.1. The van der Waals surface area contributed by atoms with Gasteiger partial charge in [0, 0.05) is 38.9 Å². The molecule has 1 saturated heterocycles. The number of pyridine rings is 1. The van der Waals surface area contributed by atoms with Gasteiger partial charge in [-0.1, -0.05) is 25.8 Å². The Morgan fingerprint density at radius 1 is 1.07 bits per heavy atom. The molecule has 0 aliphatic carbocycles. The van der Waals surface area contributed by atoms with Crippen LogP contribution in [0.2, 0.25) is 0 Å². The van der Waals surface area contributed by atoms with Crippen molar-refractivity contribution in [1.82, 2.24) is 14.6 Å². The maximum Gasteiger partial charge on any atom is 0.235 e. The number of rotatable bonds is 11. The Hall–Kier alpha value is -1.72. The highest BCUT2D eigenvalue weighted by Crippen LogP contribution is 2.14. The van der Waals surface area contributed by atoms with Gasteiger partial charge in [-0.2, -0.15) is 4.31 Å². The van der Waals surface area contributed by atoms with Crippen LogP contribution in [0.15, 0.2) is 24.4 Å². The molecule has 0 bridgehead atoms. The van der Waals surface area contributed by atoms with Crippen molar-refractivity contribution in [3.63, 3.8) is 0 Å². The van der Waals surface area contributed by atoms with Gasteiger partial charge >= 0.3 is 0 Å². The molecule has 0 spiro atoms. The van der Waals surface area contributed by atoms with Crippen molar-refractivity contribution in [3.8, 4) is 0 Å². The van der Waals surface area contributed by atoms with Gasteiger partial charge in [0.15, 0.2) is 9.84 Å². The number of carbonyl (C=O) groups is 1. The van der Waals surface area contributed by atoms with Gasteiger partial charge in [-0.3, -0.25) is 4.79 Å².